The molecule has 0 spiro atoms. The summed E-state index contributed by atoms with van der Waals surface area (Å²) in [5.41, 5.74) is 28.8. The maximum atomic E-state index is 2.38. The summed E-state index contributed by atoms with van der Waals surface area (Å²) >= 11 is 0. The van der Waals surface area contributed by atoms with Crippen molar-refractivity contribution in [2.75, 3.05) is 19.6 Å². The van der Waals surface area contributed by atoms with Gasteiger partial charge in [0.2, 0.25) is 0 Å². The van der Waals surface area contributed by atoms with Crippen molar-refractivity contribution in [1.29, 1.82) is 0 Å². The van der Waals surface area contributed by atoms with Crippen LogP contribution in [0.15, 0.2) is 425 Å². The van der Waals surface area contributed by atoms with Crippen LogP contribution in [-0.4, -0.2) is 0 Å². The van der Waals surface area contributed by atoms with Crippen LogP contribution >= 0.6 is 0 Å². The third-order valence-electron chi connectivity index (χ3n) is 18.6. The molecule has 0 unspecified atom stereocenters. The molecule has 0 heterocycles. The summed E-state index contributed by atoms with van der Waals surface area (Å²) in [4.78, 5) is 9.27. The lowest BCUT2D eigenvalue weighted by Gasteiger charge is -2.26. The molecule has 16 aromatic carbocycles. The Morgan fingerprint density at radius 2 is 0.240 bits per heavy atom. The first kappa shape index (κ1) is 61.6. The Morgan fingerprint density at radius 1 is 0.100 bits per heavy atom. The molecule has 16 rings (SSSR count). The van der Waals surface area contributed by atoms with E-state index in [2.05, 4.69) is 444 Å². The first-order valence-electron chi connectivity index (χ1n) is 34.1. The molecular weight excluding hydrogens is 1210 g/mol. The van der Waals surface area contributed by atoms with Gasteiger partial charge in [-0.25, -0.2) is 0 Å². The van der Waals surface area contributed by atoms with Crippen LogP contribution in [0.1, 0.15) is 0 Å². The topological polar surface area (TPSA) is 13.0 Å². The molecule has 4 nitrogen and oxygen atoms in total. The molecule has 0 aromatic heterocycles. The Balaban J connectivity index is 0.825. The van der Waals surface area contributed by atoms with E-state index in [-0.39, 0.29) is 0 Å². The van der Waals surface area contributed by atoms with Crippen LogP contribution in [0, 0.1) is 0 Å². The lowest BCUT2D eigenvalue weighted by Crippen LogP contribution is -2.09. The van der Waals surface area contributed by atoms with Gasteiger partial charge >= 0.3 is 0 Å². The molecule has 0 radical (unpaired) electrons. The van der Waals surface area contributed by atoms with E-state index in [1.54, 1.807) is 0 Å². The highest BCUT2D eigenvalue weighted by atomic mass is 15.2. The molecule has 0 saturated carbocycles. The summed E-state index contributed by atoms with van der Waals surface area (Å²) in [7, 11) is 0. The van der Waals surface area contributed by atoms with E-state index in [0.29, 0.717) is 0 Å². The van der Waals surface area contributed by atoms with Gasteiger partial charge in [-0.2, -0.15) is 0 Å². The van der Waals surface area contributed by atoms with Gasteiger partial charge in [-0.15, -0.1) is 0 Å². The van der Waals surface area contributed by atoms with Crippen molar-refractivity contribution < 1.29 is 0 Å². The van der Waals surface area contributed by atoms with Crippen molar-refractivity contribution in [2.24, 2.45) is 0 Å². The number of hydrogen-bond donors (Lipinski definition) is 0. The zero-order valence-electron chi connectivity index (χ0n) is 55.2. The Hall–Kier alpha value is -13.3. The Bertz CT molecular complexity index is 4560. The van der Waals surface area contributed by atoms with Gasteiger partial charge in [0.25, 0.3) is 0 Å². The average Bonchev–Trinajstić information content (AvgIpc) is 0.782. The molecule has 474 valence electrons. The Labute approximate surface area is 586 Å². The van der Waals surface area contributed by atoms with Gasteiger partial charge in [-0.1, -0.05) is 243 Å². The molecule has 0 fully saturated rings. The summed E-state index contributed by atoms with van der Waals surface area (Å²) in [6.45, 7) is 0. The van der Waals surface area contributed by atoms with Crippen molar-refractivity contribution in [2.45, 2.75) is 0 Å². The second-order valence-electron chi connectivity index (χ2n) is 24.9. The summed E-state index contributed by atoms with van der Waals surface area (Å²) in [6, 6.07) is 153. The fraction of sp³-hybridized carbons (Fsp3) is 0. The van der Waals surface area contributed by atoms with Crippen molar-refractivity contribution >= 4 is 68.2 Å². The molecule has 0 atom stereocenters. The van der Waals surface area contributed by atoms with E-state index in [9.17, 15) is 0 Å². The second kappa shape index (κ2) is 28.6. The molecule has 16 aromatic rings. The van der Waals surface area contributed by atoms with Crippen LogP contribution in [0.4, 0.5) is 68.2 Å². The molecule has 0 aliphatic heterocycles. The predicted octanol–water partition coefficient (Wildman–Crippen LogP) is 27.2. The number of anilines is 12. The first-order chi connectivity index (χ1) is 49.6. The molecule has 0 aliphatic carbocycles. The summed E-state index contributed by atoms with van der Waals surface area (Å²) in [5.74, 6) is 0. The van der Waals surface area contributed by atoms with E-state index in [0.717, 1.165) is 146 Å². The van der Waals surface area contributed by atoms with Crippen LogP contribution in [0.2, 0.25) is 0 Å². The van der Waals surface area contributed by atoms with Gasteiger partial charge in [0.1, 0.15) is 0 Å². The molecule has 0 bridgehead atoms. The Kier molecular flexibility index (Phi) is 17.6. The second-order valence-corrected chi connectivity index (χ2v) is 24.9. The van der Waals surface area contributed by atoms with Crippen molar-refractivity contribution in [3.05, 3.63) is 425 Å². The highest BCUT2D eigenvalue weighted by Crippen LogP contribution is 2.46. The number of benzene rings is 16. The normalized spacial score (nSPS) is 11.0. The third-order valence-corrected chi connectivity index (χ3v) is 18.6. The standard InChI is InChI=1S/C96H70N4/c1-9-29-81(30-10-1)97(82-31-11-2-12-32-82)89-57-49-71(50-58-89)75-65-76(72-51-59-90(60-52-72)98(83-33-13-3-14-34-83)84-35-15-4-16-36-84)68-79(67-75)93-45-25-27-47-95(93)96-48-28-26-46-94(96)80-69-77(73-53-61-91(62-54-73)99(85-37-17-5-18-38-85)86-39-19-6-20-40-86)66-78(70-80)74-55-63-92(64-56-74)100(87-41-21-7-22-42-87)88-43-23-8-24-44-88/h1-70H. The number of rotatable bonds is 19. The van der Waals surface area contributed by atoms with E-state index in [4.69, 9.17) is 0 Å². The fourth-order valence-electron chi connectivity index (χ4n) is 13.8. The number of para-hydroxylation sites is 8. The molecule has 0 N–H and O–H groups in total. The molecule has 0 amide bonds. The van der Waals surface area contributed by atoms with Crippen LogP contribution in [-0.2, 0) is 0 Å². The quantitative estimate of drug-likeness (QED) is 0.0800. The highest BCUT2D eigenvalue weighted by Gasteiger charge is 2.21. The lowest BCUT2D eigenvalue weighted by atomic mass is 9.86. The van der Waals surface area contributed by atoms with Crippen molar-refractivity contribution in [3.8, 4) is 77.9 Å². The summed E-state index contributed by atoms with van der Waals surface area (Å²) < 4.78 is 0. The molecular formula is C96H70N4. The maximum Gasteiger partial charge on any atom is 0.0462 e. The number of hydrogen-bond acceptors (Lipinski definition) is 4. The van der Waals surface area contributed by atoms with E-state index < -0.39 is 0 Å². The minimum absolute atomic E-state index is 1.08. The minimum atomic E-state index is 1.08. The van der Waals surface area contributed by atoms with Gasteiger partial charge in [0.05, 0.1) is 0 Å². The van der Waals surface area contributed by atoms with Gasteiger partial charge in [-0.05, 0) is 260 Å². The average molecular weight is 1280 g/mol. The van der Waals surface area contributed by atoms with Crippen molar-refractivity contribution in [3.63, 3.8) is 0 Å². The largest absolute Gasteiger partial charge is 0.311 e. The molecule has 0 aliphatic rings. The first-order valence-corrected chi connectivity index (χ1v) is 34.1. The molecule has 100 heavy (non-hydrogen) atoms. The maximum absolute atomic E-state index is 2.38. The van der Waals surface area contributed by atoms with Gasteiger partial charge in [0, 0.05) is 68.2 Å². The lowest BCUT2D eigenvalue weighted by molar-refractivity contribution is 1.28. The van der Waals surface area contributed by atoms with E-state index >= 15 is 0 Å². The SMILES string of the molecule is c1ccc(N(c2ccccc2)c2ccc(-c3cc(-c4ccc(N(c5ccccc5)c5ccccc5)cc4)cc(-c4ccccc4-c4ccccc4-c4cc(-c5ccc(N(c6ccccc6)c6ccccc6)cc5)cc(-c5ccc(N(c6ccccc6)c6ccccc6)cc5)c4)c3)cc2)cc1. The summed E-state index contributed by atoms with van der Waals surface area (Å²) in [6.07, 6.45) is 0. The smallest absolute Gasteiger partial charge is 0.0462 e. The fourth-order valence-corrected chi connectivity index (χ4v) is 13.8. The molecule has 0 saturated heterocycles. The zero-order valence-corrected chi connectivity index (χ0v) is 55.2. The monoisotopic (exact) mass is 1280 g/mol. The zero-order chi connectivity index (χ0) is 66.8. The van der Waals surface area contributed by atoms with Crippen molar-refractivity contribution in [1.82, 2.24) is 0 Å². The van der Waals surface area contributed by atoms with Gasteiger partial charge in [0.15, 0.2) is 0 Å². The number of nitrogens with zero attached hydrogens (tertiary/aromatic N) is 4. The highest BCUT2D eigenvalue weighted by molar-refractivity contribution is 5.96. The Morgan fingerprint density at radius 3 is 0.420 bits per heavy atom. The van der Waals surface area contributed by atoms with E-state index in [1.165, 1.54) is 0 Å². The van der Waals surface area contributed by atoms with Crippen LogP contribution in [0.25, 0.3) is 77.9 Å². The van der Waals surface area contributed by atoms with Crippen LogP contribution < -0.4 is 19.6 Å². The van der Waals surface area contributed by atoms with Gasteiger partial charge in [-0.3, -0.25) is 0 Å². The summed E-state index contributed by atoms with van der Waals surface area (Å²) in [5, 5.41) is 0. The van der Waals surface area contributed by atoms with Crippen LogP contribution in [0.5, 0.6) is 0 Å². The minimum Gasteiger partial charge on any atom is -0.311 e. The van der Waals surface area contributed by atoms with Crippen LogP contribution in [0.3, 0.4) is 0 Å². The van der Waals surface area contributed by atoms with E-state index in [1.807, 2.05) is 0 Å². The molecule has 4 heteroatoms. The van der Waals surface area contributed by atoms with Gasteiger partial charge < -0.3 is 19.6 Å². The predicted molar refractivity (Wildman–Crippen MR) is 423 cm³/mol. The third kappa shape index (κ3) is 13.1.